The molecule has 0 saturated carbocycles. The van der Waals surface area contributed by atoms with Gasteiger partial charge in [0.25, 0.3) is 0 Å². The van der Waals surface area contributed by atoms with E-state index in [2.05, 4.69) is 20.8 Å². The number of rotatable bonds is 6. The maximum absolute atomic E-state index is 5.53. The molecule has 1 unspecified atom stereocenters. The Morgan fingerprint density at radius 2 is 2.00 bits per heavy atom. The first-order chi connectivity index (χ1) is 9.22. The highest BCUT2D eigenvalue weighted by atomic mass is 16.5. The van der Waals surface area contributed by atoms with Crippen molar-refractivity contribution in [1.29, 1.82) is 0 Å². The summed E-state index contributed by atoms with van der Waals surface area (Å²) in [5.74, 6) is 1.37. The van der Waals surface area contributed by atoms with Crippen LogP contribution >= 0.6 is 0 Å². The summed E-state index contributed by atoms with van der Waals surface area (Å²) >= 11 is 0. The molecule has 0 aliphatic rings. The Hall–Kier alpha value is -2.08. The number of aromatic nitrogens is 2. The number of benzene rings is 1. The minimum Gasteiger partial charge on any atom is -0.497 e. The number of nitrogens with zero attached hydrogens (tertiary/aromatic N) is 2. The molecular formula is C13H18N4O2. The highest BCUT2D eigenvalue weighted by molar-refractivity contribution is 5.53. The number of hydrogen-bond acceptors (Lipinski definition) is 6. The first-order valence-corrected chi connectivity index (χ1v) is 6.20. The number of anilines is 2. The van der Waals surface area contributed by atoms with Crippen LogP contribution in [0.15, 0.2) is 28.7 Å². The van der Waals surface area contributed by atoms with Crippen LogP contribution in [-0.4, -0.2) is 23.9 Å². The van der Waals surface area contributed by atoms with E-state index in [4.69, 9.17) is 9.15 Å². The van der Waals surface area contributed by atoms with Gasteiger partial charge in [0.2, 0.25) is 5.89 Å². The fourth-order valence-corrected chi connectivity index (χ4v) is 1.65. The van der Waals surface area contributed by atoms with Gasteiger partial charge in [-0.25, -0.2) is 0 Å². The predicted molar refractivity (Wildman–Crippen MR) is 72.7 cm³/mol. The van der Waals surface area contributed by atoms with Gasteiger partial charge >= 0.3 is 6.01 Å². The van der Waals surface area contributed by atoms with E-state index in [9.17, 15) is 0 Å². The van der Waals surface area contributed by atoms with Gasteiger partial charge in [-0.05, 0) is 37.7 Å². The van der Waals surface area contributed by atoms with E-state index in [0.29, 0.717) is 11.9 Å². The van der Waals surface area contributed by atoms with Crippen molar-refractivity contribution in [2.24, 2.45) is 0 Å². The first-order valence-electron chi connectivity index (χ1n) is 6.20. The Bertz CT molecular complexity index is 510. The SMILES string of the molecule is CCNC(C)c1nnc(Nc2ccc(OC)cc2)o1. The molecule has 0 fully saturated rings. The van der Waals surface area contributed by atoms with Crippen LogP contribution in [-0.2, 0) is 0 Å². The Morgan fingerprint density at radius 3 is 2.63 bits per heavy atom. The lowest BCUT2D eigenvalue weighted by Crippen LogP contribution is -2.17. The van der Waals surface area contributed by atoms with Crippen LogP contribution in [0.5, 0.6) is 5.75 Å². The summed E-state index contributed by atoms with van der Waals surface area (Å²) in [5.41, 5.74) is 0.868. The summed E-state index contributed by atoms with van der Waals surface area (Å²) in [6.07, 6.45) is 0. The Morgan fingerprint density at radius 1 is 1.26 bits per heavy atom. The third kappa shape index (κ3) is 3.45. The monoisotopic (exact) mass is 262 g/mol. The number of hydrogen-bond donors (Lipinski definition) is 2. The van der Waals surface area contributed by atoms with E-state index in [-0.39, 0.29) is 6.04 Å². The van der Waals surface area contributed by atoms with Gasteiger partial charge in [0, 0.05) is 5.69 Å². The maximum Gasteiger partial charge on any atom is 0.320 e. The van der Waals surface area contributed by atoms with Crippen LogP contribution < -0.4 is 15.4 Å². The number of ether oxygens (including phenoxy) is 1. The van der Waals surface area contributed by atoms with Crippen molar-refractivity contribution in [2.75, 3.05) is 19.0 Å². The van der Waals surface area contributed by atoms with Crippen molar-refractivity contribution in [1.82, 2.24) is 15.5 Å². The zero-order chi connectivity index (χ0) is 13.7. The molecule has 2 aromatic rings. The molecule has 0 saturated heterocycles. The summed E-state index contributed by atoms with van der Waals surface area (Å²) in [6, 6.07) is 7.92. The second-order valence-electron chi connectivity index (χ2n) is 4.08. The van der Waals surface area contributed by atoms with Crippen LogP contribution in [0, 0.1) is 0 Å². The lowest BCUT2D eigenvalue weighted by molar-refractivity contribution is 0.415. The summed E-state index contributed by atoms with van der Waals surface area (Å²) in [7, 11) is 1.63. The summed E-state index contributed by atoms with van der Waals surface area (Å²) < 4.78 is 10.6. The molecule has 1 aromatic carbocycles. The zero-order valence-electron chi connectivity index (χ0n) is 11.3. The third-order valence-corrected chi connectivity index (χ3v) is 2.66. The van der Waals surface area contributed by atoms with Crippen molar-refractivity contribution >= 4 is 11.7 Å². The van der Waals surface area contributed by atoms with Gasteiger partial charge in [-0.3, -0.25) is 0 Å². The number of methoxy groups -OCH3 is 1. The first kappa shape index (κ1) is 13.4. The van der Waals surface area contributed by atoms with Crippen molar-refractivity contribution < 1.29 is 9.15 Å². The van der Waals surface area contributed by atoms with E-state index >= 15 is 0 Å². The Kier molecular flexibility index (Phi) is 4.35. The fourth-order valence-electron chi connectivity index (χ4n) is 1.65. The van der Waals surface area contributed by atoms with Gasteiger partial charge in [0.15, 0.2) is 0 Å². The molecule has 0 spiro atoms. The largest absolute Gasteiger partial charge is 0.497 e. The molecule has 2 N–H and O–H groups in total. The van der Waals surface area contributed by atoms with Gasteiger partial charge in [-0.15, -0.1) is 5.10 Å². The van der Waals surface area contributed by atoms with E-state index in [0.717, 1.165) is 18.0 Å². The molecule has 0 aliphatic heterocycles. The van der Waals surface area contributed by atoms with E-state index < -0.39 is 0 Å². The lowest BCUT2D eigenvalue weighted by atomic mass is 10.3. The second kappa shape index (κ2) is 6.19. The third-order valence-electron chi connectivity index (χ3n) is 2.66. The molecule has 0 amide bonds. The fraction of sp³-hybridized carbons (Fsp3) is 0.385. The van der Waals surface area contributed by atoms with Crippen LogP contribution in [0.2, 0.25) is 0 Å². The minimum atomic E-state index is 0.0453. The topological polar surface area (TPSA) is 72.2 Å². The van der Waals surface area contributed by atoms with Crippen molar-refractivity contribution in [2.45, 2.75) is 19.9 Å². The standard InChI is InChI=1S/C13H18N4O2/c1-4-14-9(2)12-16-17-13(19-12)15-10-5-7-11(18-3)8-6-10/h5-9,14H,4H2,1-3H3,(H,15,17). The van der Waals surface area contributed by atoms with E-state index in [1.807, 2.05) is 38.1 Å². The van der Waals surface area contributed by atoms with Crippen LogP contribution in [0.4, 0.5) is 11.7 Å². The van der Waals surface area contributed by atoms with Crippen molar-refractivity contribution in [3.8, 4) is 5.75 Å². The summed E-state index contributed by atoms with van der Waals surface area (Å²) in [4.78, 5) is 0. The Balaban J connectivity index is 2.02. The smallest absolute Gasteiger partial charge is 0.320 e. The molecule has 1 heterocycles. The van der Waals surface area contributed by atoms with Gasteiger partial charge in [0.05, 0.1) is 13.2 Å². The summed E-state index contributed by atoms with van der Waals surface area (Å²) in [5, 5.41) is 14.2. The maximum atomic E-state index is 5.53. The average Bonchev–Trinajstić information content (AvgIpc) is 2.88. The Labute approximate surface area is 112 Å². The molecule has 6 heteroatoms. The molecule has 1 aromatic heterocycles. The van der Waals surface area contributed by atoms with Gasteiger partial charge < -0.3 is 19.8 Å². The van der Waals surface area contributed by atoms with Crippen LogP contribution in [0.1, 0.15) is 25.8 Å². The molecule has 2 rings (SSSR count). The normalized spacial score (nSPS) is 12.2. The molecule has 6 nitrogen and oxygen atoms in total. The molecule has 0 radical (unpaired) electrons. The van der Waals surface area contributed by atoms with Crippen LogP contribution in [0.3, 0.4) is 0 Å². The molecule has 19 heavy (non-hydrogen) atoms. The van der Waals surface area contributed by atoms with E-state index in [1.54, 1.807) is 7.11 Å². The van der Waals surface area contributed by atoms with Gasteiger partial charge in [-0.1, -0.05) is 12.0 Å². The van der Waals surface area contributed by atoms with Gasteiger partial charge in [-0.2, -0.15) is 0 Å². The predicted octanol–water partition coefficient (Wildman–Crippen LogP) is 2.49. The van der Waals surface area contributed by atoms with Gasteiger partial charge in [0.1, 0.15) is 5.75 Å². The lowest BCUT2D eigenvalue weighted by Gasteiger charge is -2.06. The molecule has 0 aliphatic carbocycles. The number of nitrogens with one attached hydrogen (secondary N) is 2. The summed E-state index contributed by atoms with van der Waals surface area (Å²) in [6.45, 7) is 4.86. The molecule has 0 bridgehead atoms. The molecule has 1 atom stereocenters. The second-order valence-corrected chi connectivity index (χ2v) is 4.08. The average molecular weight is 262 g/mol. The molecule has 102 valence electrons. The van der Waals surface area contributed by atoms with Crippen LogP contribution in [0.25, 0.3) is 0 Å². The van der Waals surface area contributed by atoms with Crippen molar-refractivity contribution in [3.63, 3.8) is 0 Å². The van der Waals surface area contributed by atoms with Crippen molar-refractivity contribution in [3.05, 3.63) is 30.2 Å². The highest BCUT2D eigenvalue weighted by Gasteiger charge is 2.12. The quantitative estimate of drug-likeness (QED) is 0.833. The molecular weight excluding hydrogens is 244 g/mol. The minimum absolute atomic E-state index is 0.0453. The zero-order valence-corrected chi connectivity index (χ0v) is 11.3. The van der Waals surface area contributed by atoms with E-state index in [1.165, 1.54) is 0 Å². The highest BCUT2D eigenvalue weighted by Crippen LogP contribution is 2.20.